The van der Waals surface area contributed by atoms with Crippen molar-refractivity contribution in [2.45, 2.75) is 45.2 Å². The molecule has 7 nitrogen and oxygen atoms in total. The lowest BCUT2D eigenvalue weighted by Gasteiger charge is -2.32. The first-order valence-corrected chi connectivity index (χ1v) is 13.2. The molecule has 0 heterocycles. The minimum absolute atomic E-state index is 0.0900. The fraction of sp³-hybridized carbons (Fsp3) is 0.286. The highest BCUT2D eigenvalue weighted by atomic mass is 32.2. The van der Waals surface area contributed by atoms with Crippen LogP contribution in [0.4, 0.5) is 5.69 Å². The zero-order valence-electron chi connectivity index (χ0n) is 21.4. The minimum atomic E-state index is -4.06. The number of likely N-dealkylation sites (N-methyl/N-ethyl adjacent to an activating group) is 1. The molecule has 0 aliphatic rings. The Morgan fingerprint density at radius 2 is 1.56 bits per heavy atom. The van der Waals surface area contributed by atoms with E-state index in [2.05, 4.69) is 5.32 Å². The van der Waals surface area contributed by atoms with E-state index in [0.717, 1.165) is 26.6 Å². The number of nitrogens with zero attached hydrogens (tertiary/aromatic N) is 2. The lowest BCUT2D eigenvalue weighted by Crippen LogP contribution is -2.50. The summed E-state index contributed by atoms with van der Waals surface area (Å²) in [4.78, 5) is 27.8. The molecule has 0 aromatic heterocycles. The number of hydrogen-bond acceptors (Lipinski definition) is 4. The van der Waals surface area contributed by atoms with Crippen LogP contribution in [-0.4, -0.2) is 44.8 Å². The fourth-order valence-electron chi connectivity index (χ4n) is 3.91. The van der Waals surface area contributed by atoms with Gasteiger partial charge in [0.1, 0.15) is 12.6 Å². The number of benzene rings is 3. The molecule has 190 valence electrons. The number of sulfonamides is 1. The van der Waals surface area contributed by atoms with Gasteiger partial charge in [-0.1, -0.05) is 54.1 Å². The molecule has 0 unspecified atom stereocenters. The highest BCUT2D eigenvalue weighted by Gasteiger charge is 2.32. The molecule has 0 saturated heterocycles. The Hall–Kier alpha value is -3.65. The molecule has 3 rings (SSSR count). The van der Waals surface area contributed by atoms with Gasteiger partial charge in [-0.25, -0.2) is 8.42 Å². The Balaban J connectivity index is 2.05. The maximum Gasteiger partial charge on any atom is 0.264 e. The molecular weight excluding hydrogens is 474 g/mol. The second-order valence-corrected chi connectivity index (χ2v) is 10.8. The van der Waals surface area contributed by atoms with Gasteiger partial charge in [0, 0.05) is 13.6 Å². The second-order valence-electron chi connectivity index (χ2n) is 8.90. The standard InChI is InChI=1S/C28H33N3O4S/c1-20-13-15-26(16-14-20)36(34,35)31(25-12-8-9-21(2)17-25)19-27(32)30(23(4)28(33)29-5)18-24-11-7-6-10-22(24)3/h6-17,23H,18-19H2,1-5H3,(H,29,33)/t23-/m0/s1. The van der Waals surface area contributed by atoms with Gasteiger partial charge >= 0.3 is 0 Å². The van der Waals surface area contributed by atoms with Crippen molar-refractivity contribution in [2.75, 3.05) is 17.9 Å². The van der Waals surface area contributed by atoms with Gasteiger partial charge in [0.2, 0.25) is 11.8 Å². The van der Waals surface area contributed by atoms with E-state index in [0.29, 0.717) is 5.69 Å². The molecular formula is C28H33N3O4S. The Morgan fingerprint density at radius 1 is 0.889 bits per heavy atom. The summed E-state index contributed by atoms with van der Waals surface area (Å²) < 4.78 is 28.6. The van der Waals surface area contributed by atoms with E-state index in [9.17, 15) is 18.0 Å². The predicted molar refractivity (Wildman–Crippen MR) is 142 cm³/mol. The second kappa shape index (κ2) is 11.4. The number of carbonyl (C=O) groups excluding carboxylic acids is 2. The monoisotopic (exact) mass is 507 g/mol. The molecule has 3 aromatic rings. The highest BCUT2D eigenvalue weighted by Crippen LogP contribution is 2.26. The SMILES string of the molecule is CNC(=O)[C@H](C)N(Cc1ccccc1C)C(=O)CN(c1cccc(C)c1)S(=O)(=O)c1ccc(C)cc1. The van der Waals surface area contributed by atoms with Crippen LogP contribution in [0.5, 0.6) is 0 Å². The van der Waals surface area contributed by atoms with E-state index >= 15 is 0 Å². The number of aryl methyl sites for hydroxylation is 3. The van der Waals surface area contributed by atoms with Crippen LogP contribution in [0.25, 0.3) is 0 Å². The molecule has 8 heteroatoms. The number of nitrogens with one attached hydrogen (secondary N) is 1. The van der Waals surface area contributed by atoms with E-state index in [-0.39, 0.29) is 17.3 Å². The largest absolute Gasteiger partial charge is 0.357 e. The molecule has 2 amide bonds. The molecule has 0 aliphatic carbocycles. The van der Waals surface area contributed by atoms with Crippen molar-refractivity contribution >= 4 is 27.5 Å². The number of carbonyl (C=O) groups is 2. The first-order valence-electron chi connectivity index (χ1n) is 11.8. The van der Waals surface area contributed by atoms with Crippen molar-refractivity contribution in [3.05, 3.63) is 95.1 Å². The topological polar surface area (TPSA) is 86.8 Å². The van der Waals surface area contributed by atoms with Crippen LogP contribution in [0, 0.1) is 20.8 Å². The summed E-state index contributed by atoms with van der Waals surface area (Å²) in [6, 6.07) is 20.3. The Morgan fingerprint density at radius 3 is 2.17 bits per heavy atom. The Bertz CT molecular complexity index is 1340. The maximum absolute atomic E-state index is 13.8. The average Bonchev–Trinajstić information content (AvgIpc) is 2.85. The van der Waals surface area contributed by atoms with E-state index in [1.165, 1.54) is 24.1 Å². The fourth-order valence-corrected chi connectivity index (χ4v) is 5.32. The van der Waals surface area contributed by atoms with Gasteiger partial charge < -0.3 is 10.2 Å². The number of hydrogen-bond donors (Lipinski definition) is 1. The lowest BCUT2D eigenvalue weighted by atomic mass is 10.1. The third-order valence-electron chi connectivity index (χ3n) is 6.19. The van der Waals surface area contributed by atoms with Gasteiger partial charge in [0.25, 0.3) is 10.0 Å². The van der Waals surface area contributed by atoms with Gasteiger partial charge in [-0.2, -0.15) is 0 Å². The zero-order valence-corrected chi connectivity index (χ0v) is 22.2. The summed E-state index contributed by atoms with van der Waals surface area (Å²) in [5.74, 6) is -0.813. The van der Waals surface area contributed by atoms with Crippen LogP contribution in [0.2, 0.25) is 0 Å². The Kier molecular flexibility index (Phi) is 8.53. The molecule has 3 aromatic carbocycles. The molecule has 0 bridgehead atoms. The van der Waals surface area contributed by atoms with Gasteiger partial charge in [-0.05, 0) is 68.7 Å². The molecule has 1 N–H and O–H groups in total. The molecule has 0 aliphatic heterocycles. The lowest BCUT2D eigenvalue weighted by molar-refractivity contribution is -0.139. The summed E-state index contributed by atoms with van der Waals surface area (Å²) in [6.07, 6.45) is 0. The summed E-state index contributed by atoms with van der Waals surface area (Å²) in [5.41, 5.74) is 4.02. The Labute approximate surface area is 213 Å². The van der Waals surface area contributed by atoms with E-state index in [1.807, 2.05) is 51.1 Å². The minimum Gasteiger partial charge on any atom is -0.357 e. The van der Waals surface area contributed by atoms with Crippen molar-refractivity contribution < 1.29 is 18.0 Å². The number of rotatable bonds is 9. The van der Waals surface area contributed by atoms with Crippen LogP contribution in [0.1, 0.15) is 29.2 Å². The van der Waals surface area contributed by atoms with Gasteiger partial charge in [-0.15, -0.1) is 0 Å². The number of anilines is 1. The van der Waals surface area contributed by atoms with Crippen molar-refractivity contribution in [3.63, 3.8) is 0 Å². The van der Waals surface area contributed by atoms with E-state index < -0.39 is 28.5 Å². The third kappa shape index (κ3) is 6.12. The molecule has 0 saturated carbocycles. The predicted octanol–water partition coefficient (Wildman–Crippen LogP) is 3.97. The number of amides is 2. The normalized spacial score (nSPS) is 12.0. The third-order valence-corrected chi connectivity index (χ3v) is 7.98. The molecule has 0 fully saturated rings. The van der Waals surface area contributed by atoms with Gasteiger partial charge in [0.05, 0.1) is 10.6 Å². The van der Waals surface area contributed by atoms with E-state index in [1.54, 1.807) is 37.3 Å². The molecule has 0 radical (unpaired) electrons. The van der Waals surface area contributed by atoms with Crippen LogP contribution in [0.15, 0.2) is 77.7 Å². The average molecular weight is 508 g/mol. The molecule has 0 spiro atoms. The van der Waals surface area contributed by atoms with E-state index in [4.69, 9.17) is 0 Å². The highest BCUT2D eigenvalue weighted by molar-refractivity contribution is 7.92. The molecule has 1 atom stereocenters. The summed E-state index contributed by atoms with van der Waals surface area (Å²) in [5, 5.41) is 2.59. The van der Waals surface area contributed by atoms with Crippen molar-refractivity contribution in [1.82, 2.24) is 10.2 Å². The smallest absolute Gasteiger partial charge is 0.264 e. The van der Waals surface area contributed by atoms with Crippen molar-refractivity contribution in [2.24, 2.45) is 0 Å². The van der Waals surface area contributed by atoms with Gasteiger partial charge in [0.15, 0.2) is 0 Å². The quantitative estimate of drug-likeness (QED) is 0.475. The van der Waals surface area contributed by atoms with Crippen LogP contribution < -0.4 is 9.62 Å². The van der Waals surface area contributed by atoms with Crippen molar-refractivity contribution in [1.29, 1.82) is 0 Å². The first-order chi connectivity index (χ1) is 17.0. The summed E-state index contributed by atoms with van der Waals surface area (Å²) >= 11 is 0. The van der Waals surface area contributed by atoms with Crippen LogP contribution in [0.3, 0.4) is 0 Å². The zero-order chi connectivity index (χ0) is 26.5. The van der Waals surface area contributed by atoms with Crippen LogP contribution >= 0.6 is 0 Å². The van der Waals surface area contributed by atoms with Gasteiger partial charge in [-0.3, -0.25) is 13.9 Å². The van der Waals surface area contributed by atoms with Crippen LogP contribution in [-0.2, 0) is 26.2 Å². The summed E-state index contributed by atoms with van der Waals surface area (Å²) in [7, 11) is -2.55. The molecule has 36 heavy (non-hydrogen) atoms. The first kappa shape index (κ1) is 26.9. The van der Waals surface area contributed by atoms with Crippen molar-refractivity contribution in [3.8, 4) is 0 Å². The summed E-state index contributed by atoms with van der Waals surface area (Å²) in [6.45, 7) is 7.03. The maximum atomic E-state index is 13.8.